The third-order valence-corrected chi connectivity index (χ3v) is 5.31. The number of thioether (sulfide) groups is 1. The Morgan fingerprint density at radius 1 is 1.32 bits per heavy atom. The summed E-state index contributed by atoms with van der Waals surface area (Å²) < 4.78 is 0. The molecular formula is C18H25N5OS. The molecule has 1 aromatic heterocycles. The first-order chi connectivity index (χ1) is 12.2. The van der Waals surface area contributed by atoms with Gasteiger partial charge in [0, 0.05) is 12.3 Å². The smallest absolute Gasteiger partial charge is 0.234 e. The summed E-state index contributed by atoms with van der Waals surface area (Å²) in [4.78, 5) is 18.6. The van der Waals surface area contributed by atoms with Gasteiger partial charge in [-0.05, 0) is 44.3 Å². The Hall–Kier alpha value is -1.86. The fourth-order valence-corrected chi connectivity index (χ4v) is 3.83. The first kappa shape index (κ1) is 17.9. The Morgan fingerprint density at radius 2 is 2.08 bits per heavy atom. The standard InChI is InChI=1S/C18H25N5OS/c1-14-20-18(22-21-14)25-12-9-19-17(24)13-23-10-7-16(8-11-23)15-5-3-2-4-6-15/h2-6,16H,7-13H2,1H3,(H,19,24)(H,20,21,22). The second-order valence-electron chi connectivity index (χ2n) is 6.36. The van der Waals surface area contributed by atoms with Crippen LogP contribution in [-0.4, -0.2) is 57.9 Å². The Morgan fingerprint density at radius 3 is 2.76 bits per heavy atom. The van der Waals surface area contributed by atoms with Crippen molar-refractivity contribution in [2.24, 2.45) is 0 Å². The van der Waals surface area contributed by atoms with Crippen LogP contribution < -0.4 is 5.32 Å². The second-order valence-corrected chi connectivity index (χ2v) is 7.42. The fourth-order valence-electron chi connectivity index (χ4n) is 3.13. The number of aryl methyl sites for hydroxylation is 1. The number of benzene rings is 1. The minimum Gasteiger partial charge on any atom is -0.354 e. The van der Waals surface area contributed by atoms with Crippen LogP contribution in [0.4, 0.5) is 0 Å². The van der Waals surface area contributed by atoms with Crippen molar-refractivity contribution in [1.82, 2.24) is 25.4 Å². The van der Waals surface area contributed by atoms with E-state index in [2.05, 4.69) is 55.7 Å². The number of hydrogen-bond acceptors (Lipinski definition) is 5. The molecule has 0 aliphatic carbocycles. The maximum absolute atomic E-state index is 12.1. The SMILES string of the molecule is Cc1nc(SCCNC(=O)CN2CCC(c3ccccc3)CC2)n[nH]1. The molecule has 0 unspecified atom stereocenters. The van der Waals surface area contributed by atoms with Gasteiger partial charge in [-0.15, -0.1) is 5.10 Å². The van der Waals surface area contributed by atoms with Crippen LogP contribution in [0.3, 0.4) is 0 Å². The van der Waals surface area contributed by atoms with E-state index in [1.54, 1.807) is 11.8 Å². The maximum atomic E-state index is 12.1. The Labute approximate surface area is 152 Å². The Kier molecular flexibility index (Phi) is 6.47. The van der Waals surface area contributed by atoms with Crippen LogP contribution >= 0.6 is 11.8 Å². The van der Waals surface area contributed by atoms with Crippen LogP contribution in [0.2, 0.25) is 0 Å². The number of piperidine rings is 1. The summed E-state index contributed by atoms with van der Waals surface area (Å²) in [6, 6.07) is 10.7. The van der Waals surface area contributed by atoms with E-state index in [0.717, 1.165) is 42.7 Å². The molecule has 1 aromatic carbocycles. The van der Waals surface area contributed by atoms with Crippen molar-refractivity contribution in [2.75, 3.05) is 31.9 Å². The molecule has 7 heteroatoms. The predicted octanol–water partition coefficient (Wildman–Crippen LogP) is 2.20. The highest BCUT2D eigenvalue weighted by Gasteiger charge is 2.21. The van der Waals surface area contributed by atoms with E-state index in [4.69, 9.17) is 0 Å². The summed E-state index contributed by atoms with van der Waals surface area (Å²) >= 11 is 1.55. The molecule has 0 radical (unpaired) electrons. The van der Waals surface area contributed by atoms with Crippen molar-refractivity contribution in [3.63, 3.8) is 0 Å². The van der Waals surface area contributed by atoms with Gasteiger partial charge in [0.15, 0.2) is 0 Å². The topological polar surface area (TPSA) is 73.9 Å². The van der Waals surface area contributed by atoms with Gasteiger partial charge in [0.2, 0.25) is 11.1 Å². The van der Waals surface area contributed by atoms with E-state index < -0.39 is 0 Å². The number of H-pyrrole nitrogens is 1. The van der Waals surface area contributed by atoms with Crippen molar-refractivity contribution in [2.45, 2.75) is 30.8 Å². The average Bonchev–Trinajstić information content (AvgIpc) is 3.05. The summed E-state index contributed by atoms with van der Waals surface area (Å²) in [5.74, 6) is 2.32. The average molecular weight is 359 g/mol. The van der Waals surface area contributed by atoms with E-state index >= 15 is 0 Å². The highest BCUT2D eigenvalue weighted by Crippen LogP contribution is 2.27. The summed E-state index contributed by atoms with van der Waals surface area (Å²) in [6.45, 7) is 4.97. The second kappa shape index (κ2) is 9.01. The van der Waals surface area contributed by atoms with Gasteiger partial charge in [0.1, 0.15) is 5.82 Å². The molecule has 1 aliphatic heterocycles. The molecule has 2 heterocycles. The first-order valence-electron chi connectivity index (χ1n) is 8.76. The number of aromatic nitrogens is 3. The molecule has 0 atom stereocenters. The van der Waals surface area contributed by atoms with Gasteiger partial charge in [-0.3, -0.25) is 14.8 Å². The largest absolute Gasteiger partial charge is 0.354 e. The lowest BCUT2D eigenvalue weighted by atomic mass is 9.89. The lowest BCUT2D eigenvalue weighted by Gasteiger charge is -2.31. The summed E-state index contributed by atoms with van der Waals surface area (Å²) in [5.41, 5.74) is 1.42. The first-order valence-corrected chi connectivity index (χ1v) is 9.75. The number of carbonyl (C=O) groups is 1. The number of aromatic amines is 1. The van der Waals surface area contributed by atoms with Gasteiger partial charge < -0.3 is 5.32 Å². The summed E-state index contributed by atoms with van der Waals surface area (Å²) in [5, 5.41) is 10.6. The molecule has 0 saturated carbocycles. The molecule has 1 aliphatic rings. The van der Waals surface area contributed by atoms with Crippen molar-refractivity contribution in [3.05, 3.63) is 41.7 Å². The molecule has 1 saturated heterocycles. The van der Waals surface area contributed by atoms with E-state index in [1.807, 2.05) is 6.92 Å². The summed E-state index contributed by atoms with van der Waals surface area (Å²) in [6.07, 6.45) is 2.24. The molecule has 25 heavy (non-hydrogen) atoms. The number of nitrogens with zero attached hydrogens (tertiary/aromatic N) is 3. The molecule has 2 aromatic rings. The zero-order valence-electron chi connectivity index (χ0n) is 14.6. The van der Waals surface area contributed by atoms with Crippen LogP contribution in [0.1, 0.15) is 30.1 Å². The molecule has 6 nitrogen and oxygen atoms in total. The van der Waals surface area contributed by atoms with Crippen molar-refractivity contribution >= 4 is 17.7 Å². The van der Waals surface area contributed by atoms with E-state index in [-0.39, 0.29) is 5.91 Å². The van der Waals surface area contributed by atoms with Crippen molar-refractivity contribution in [1.29, 1.82) is 0 Å². The number of likely N-dealkylation sites (tertiary alicyclic amines) is 1. The van der Waals surface area contributed by atoms with E-state index in [0.29, 0.717) is 19.0 Å². The molecule has 1 fully saturated rings. The monoisotopic (exact) mass is 359 g/mol. The molecule has 1 amide bonds. The van der Waals surface area contributed by atoms with Crippen molar-refractivity contribution in [3.8, 4) is 0 Å². The molecular weight excluding hydrogens is 334 g/mol. The molecule has 0 bridgehead atoms. The number of rotatable bonds is 7. The van der Waals surface area contributed by atoms with E-state index in [9.17, 15) is 4.79 Å². The van der Waals surface area contributed by atoms with Gasteiger partial charge in [0.05, 0.1) is 6.54 Å². The fraction of sp³-hybridized carbons (Fsp3) is 0.500. The Bertz CT molecular complexity index is 667. The third-order valence-electron chi connectivity index (χ3n) is 4.46. The zero-order chi connectivity index (χ0) is 17.5. The van der Waals surface area contributed by atoms with Gasteiger partial charge in [-0.1, -0.05) is 42.1 Å². The number of carbonyl (C=O) groups excluding carboxylic acids is 1. The van der Waals surface area contributed by atoms with Crippen molar-refractivity contribution < 1.29 is 4.79 Å². The minimum absolute atomic E-state index is 0.102. The molecule has 0 spiro atoms. The van der Waals surface area contributed by atoms with Crippen LogP contribution in [0.5, 0.6) is 0 Å². The highest BCUT2D eigenvalue weighted by molar-refractivity contribution is 7.99. The molecule has 2 N–H and O–H groups in total. The number of nitrogens with one attached hydrogen (secondary N) is 2. The van der Waals surface area contributed by atoms with Gasteiger partial charge in [-0.25, -0.2) is 4.98 Å². The quantitative estimate of drug-likeness (QED) is 0.586. The predicted molar refractivity (Wildman–Crippen MR) is 99.7 cm³/mol. The highest BCUT2D eigenvalue weighted by atomic mass is 32.2. The lowest BCUT2D eigenvalue weighted by Crippen LogP contribution is -2.41. The van der Waals surface area contributed by atoms with Gasteiger partial charge >= 0.3 is 0 Å². The zero-order valence-corrected chi connectivity index (χ0v) is 15.4. The Balaban J connectivity index is 1.31. The van der Waals surface area contributed by atoms with Crippen LogP contribution in [-0.2, 0) is 4.79 Å². The minimum atomic E-state index is 0.102. The number of hydrogen-bond donors (Lipinski definition) is 2. The van der Waals surface area contributed by atoms with Gasteiger partial charge in [0.25, 0.3) is 0 Å². The molecule has 134 valence electrons. The van der Waals surface area contributed by atoms with Crippen LogP contribution in [0, 0.1) is 6.92 Å². The summed E-state index contributed by atoms with van der Waals surface area (Å²) in [7, 11) is 0. The molecule has 3 rings (SSSR count). The lowest BCUT2D eigenvalue weighted by molar-refractivity contribution is -0.122. The maximum Gasteiger partial charge on any atom is 0.234 e. The number of amides is 1. The third kappa shape index (κ3) is 5.57. The van der Waals surface area contributed by atoms with Gasteiger partial charge in [-0.2, -0.15) is 0 Å². The van der Waals surface area contributed by atoms with E-state index in [1.165, 1.54) is 5.56 Å². The normalized spacial score (nSPS) is 16.0. The van der Waals surface area contributed by atoms with Crippen LogP contribution in [0.25, 0.3) is 0 Å². The van der Waals surface area contributed by atoms with Crippen LogP contribution in [0.15, 0.2) is 35.5 Å².